The first-order valence-electron chi connectivity index (χ1n) is 8.85. The molecule has 0 bridgehead atoms. The lowest BCUT2D eigenvalue weighted by molar-refractivity contribution is 0.0976. The number of fused-ring (bicyclic) bond motifs is 1. The summed E-state index contributed by atoms with van der Waals surface area (Å²) >= 11 is 13.4. The van der Waals surface area contributed by atoms with Crippen LogP contribution in [0.1, 0.15) is 15.9 Å². The van der Waals surface area contributed by atoms with Crippen molar-refractivity contribution in [3.8, 4) is 11.5 Å². The Morgan fingerprint density at radius 2 is 1.97 bits per heavy atom. The highest BCUT2D eigenvalue weighted by Crippen LogP contribution is 2.23. The minimum Gasteiger partial charge on any atom is -0.434 e. The van der Waals surface area contributed by atoms with Crippen LogP contribution >= 0.6 is 46.4 Å². The zero-order chi connectivity index (χ0) is 21.1. The third-order valence-corrected chi connectivity index (χ3v) is 5.47. The van der Waals surface area contributed by atoms with Crippen molar-refractivity contribution in [2.75, 3.05) is 0 Å². The number of nitrogens with zero attached hydrogens (tertiary/aromatic N) is 2. The van der Waals surface area contributed by atoms with E-state index in [1.165, 1.54) is 0 Å². The van der Waals surface area contributed by atoms with Gasteiger partial charge in [-0.05, 0) is 82.8 Å². The standard InChI is InChI=1S/C21H14ClIN4O2S/c22-16-8-7-14(23)10-15(16)19(28)27-21(30)25-11-12-3-5-13(6-4-12)20-26-18-17(29-20)2-1-9-24-18/h1-10H,11H2,(H2,25,27,28,30). The highest BCUT2D eigenvalue weighted by atomic mass is 127. The quantitative estimate of drug-likeness (QED) is 0.277. The van der Waals surface area contributed by atoms with Crippen LogP contribution in [0.2, 0.25) is 5.02 Å². The number of amides is 1. The first kappa shape index (κ1) is 20.7. The normalized spacial score (nSPS) is 10.7. The van der Waals surface area contributed by atoms with Gasteiger partial charge in [0.15, 0.2) is 16.3 Å². The first-order valence-corrected chi connectivity index (χ1v) is 10.7. The van der Waals surface area contributed by atoms with E-state index in [1.807, 2.05) is 36.4 Å². The van der Waals surface area contributed by atoms with E-state index in [1.54, 1.807) is 24.4 Å². The summed E-state index contributed by atoms with van der Waals surface area (Å²) in [6, 6.07) is 16.6. The van der Waals surface area contributed by atoms with Crippen molar-refractivity contribution in [1.82, 2.24) is 20.6 Å². The molecule has 0 spiro atoms. The molecule has 6 nitrogen and oxygen atoms in total. The third-order valence-electron chi connectivity index (χ3n) is 4.22. The van der Waals surface area contributed by atoms with Gasteiger partial charge >= 0.3 is 0 Å². The van der Waals surface area contributed by atoms with Crippen LogP contribution in [-0.2, 0) is 6.54 Å². The number of hydrogen-bond acceptors (Lipinski definition) is 5. The SMILES string of the molecule is O=C(NC(=S)NCc1ccc(-c2nc3ncccc3o2)cc1)c1cc(I)ccc1Cl. The second-order valence-electron chi connectivity index (χ2n) is 6.30. The molecular formula is C21H14ClIN4O2S. The van der Waals surface area contributed by atoms with Gasteiger partial charge in [-0.2, -0.15) is 4.98 Å². The minimum atomic E-state index is -0.351. The van der Waals surface area contributed by atoms with Gasteiger partial charge in [-0.15, -0.1) is 0 Å². The summed E-state index contributed by atoms with van der Waals surface area (Å²) in [4.78, 5) is 20.9. The predicted molar refractivity (Wildman–Crippen MR) is 128 cm³/mol. The van der Waals surface area contributed by atoms with Crippen molar-refractivity contribution >= 4 is 68.7 Å². The Morgan fingerprint density at radius 3 is 2.73 bits per heavy atom. The Hall–Kier alpha value is -2.56. The van der Waals surface area contributed by atoms with E-state index in [4.69, 9.17) is 28.2 Å². The van der Waals surface area contributed by atoms with E-state index in [9.17, 15) is 4.79 Å². The number of benzene rings is 2. The fourth-order valence-electron chi connectivity index (χ4n) is 2.73. The molecule has 150 valence electrons. The molecule has 2 N–H and O–H groups in total. The average Bonchev–Trinajstić information content (AvgIpc) is 3.18. The number of carbonyl (C=O) groups excluding carboxylic acids is 1. The van der Waals surface area contributed by atoms with Crippen LogP contribution in [-0.4, -0.2) is 21.0 Å². The second-order valence-corrected chi connectivity index (χ2v) is 8.36. The van der Waals surface area contributed by atoms with E-state index in [-0.39, 0.29) is 11.0 Å². The van der Waals surface area contributed by atoms with Gasteiger partial charge in [0, 0.05) is 21.9 Å². The van der Waals surface area contributed by atoms with Gasteiger partial charge in [-0.25, -0.2) is 4.98 Å². The lowest BCUT2D eigenvalue weighted by Crippen LogP contribution is -2.39. The molecule has 4 rings (SSSR count). The molecule has 1 amide bonds. The number of nitrogens with one attached hydrogen (secondary N) is 2. The summed E-state index contributed by atoms with van der Waals surface area (Å²) in [7, 11) is 0. The van der Waals surface area contributed by atoms with Gasteiger partial charge in [-0.1, -0.05) is 23.7 Å². The lowest BCUT2D eigenvalue weighted by atomic mass is 10.1. The number of thiocarbonyl (C=S) groups is 1. The molecule has 0 aliphatic heterocycles. The van der Waals surface area contributed by atoms with Crippen LogP contribution < -0.4 is 10.6 Å². The highest BCUT2D eigenvalue weighted by Gasteiger charge is 2.13. The van der Waals surface area contributed by atoms with E-state index >= 15 is 0 Å². The van der Waals surface area contributed by atoms with Gasteiger partial charge in [-0.3, -0.25) is 10.1 Å². The van der Waals surface area contributed by atoms with Crippen LogP contribution in [0.25, 0.3) is 22.7 Å². The van der Waals surface area contributed by atoms with E-state index in [0.717, 1.165) is 14.7 Å². The van der Waals surface area contributed by atoms with Gasteiger partial charge in [0.25, 0.3) is 5.91 Å². The van der Waals surface area contributed by atoms with E-state index < -0.39 is 0 Å². The van der Waals surface area contributed by atoms with Crippen molar-refractivity contribution in [2.24, 2.45) is 0 Å². The zero-order valence-corrected chi connectivity index (χ0v) is 19.1. The Labute approximate surface area is 196 Å². The highest BCUT2D eigenvalue weighted by molar-refractivity contribution is 14.1. The molecule has 30 heavy (non-hydrogen) atoms. The molecule has 0 fully saturated rings. The summed E-state index contributed by atoms with van der Waals surface area (Å²) in [5.74, 6) is 0.163. The Balaban J connectivity index is 1.36. The average molecular weight is 549 g/mol. The van der Waals surface area contributed by atoms with Gasteiger partial charge in [0.1, 0.15) is 0 Å². The molecule has 0 saturated carbocycles. The maximum Gasteiger partial charge on any atom is 0.258 e. The molecule has 2 aromatic heterocycles. The van der Waals surface area contributed by atoms with Crippen molar-refractivity contribution < 1.29 is 9.21 Å². The fourth-order valence-corrected chi connectivity index (χ4v) is 3.59. The Bertz CT molecular complexity index is 1210. The molecule has 2 aromatic carbocycles. The molecule has 0 saturated heterocycles. The maximum absolute atomic E-state index is 12.4. The second kappa shape index (κ2) is 9.07. The smallest absolute Gasteiger partial charge is 0.258 e. The molecule has 0 unspecified atom stereocenters. The maximum atomic E-state index is 12.4. The molecule has 2 heterocycles. The summed E-state index contributed by atoms with van der Waals surface area (Å²) in [5, 5.41) is 6.27. The first-order chi connectivity index (χ1) is 14.5. The van der Waals surface area contributed by atoms with E-state index in [0.29, 0.717) is 34.3 Å². The predicted octanol–water partition coefficient (Wildman–Crippen LogP) is 4.95. The topological polar surface area (TPSA) is 80.0 Å². The molecule has 0 atom stereocenters. The van der Waals surface area contributed by atoms with Crippen molar-refractivity contribution in [3.05, 3.63) is 80.5 Å². The van der Waals surface area contributed by atoms with Crippen LogP contribution in [0.4, 0.5) is 0 Å². The molecule has 0 aliphatic carbocycles. The molecule has 9 heteroatoms. The van der Waals surface area contributed by atoms with Crippen LogP contribution in [0, 0.1) is 3.57 Å². The van der Waals surface area contributed by atoms with Crippen LogP contribution in [0.15, 0.2) is 65.2 Å². The largest absolute Gasteiger partial charge is 0.434 e. The number of oxazole rings is 1. The van der Waals surface area contributed by atoms with Gasteiger partial charge in [0.2, 0.25) is 5.89 Å². The Morgan fingerprint density at radius 1 is 1.17 bits per heavy atom. The number of pyridine rings is 1. The summed E-state index contributed by atoms with van der Waals surface area (Å²) in [6.45, 7) is 0.453. The molecule has 0 radical (unpaired) electrons. The van der Waals surface area contributed by atoms with Crippen LogP contribution in [0.5, 0.6) is 0 Å². The van der Waals surface area contributed by atoms with Crippen molar-refractivity contribution in [1.29, 1.82) is 0 Å². The number of hydrogen-bond donors (Lipinski definition) is 2. The number of aromatic nitrogens is 2. The summed E-state index contributed by atoms with van der Waals surface area (Å²) in [5.41, 5.74) is 3.43. The summed E-state index contributed by atoms with van der Waals surface area (Å²) in [6.07, 6.45) is 1.68. The third kappa shape index (κ3) is 4.77. The summed E-state index contributed by atoms with van der Waals surface area (Å²) < 4.78 is 6.64. The van der Waals surface area contributed by atoms with E-state index in [2.05, 4.69) is 43.2 Å². The lowest BCUT2D eigenvalue weighted by Gasteiger charge is -2.11. The van der Waals surface area contributed by atoms with Crippen LogP contribution in [0.3, 0.4) is 0 Å². The number of halogens is 2. The fraction of sp³-hybridized carbons (Fsp3) is 0.0476. The van der Waals surface area contributed by atoms with Gasteiger partial charge in [0.05, 0.1) is 10.6 Å². The number of rotatable bonds is 4. The molecule has 0 aliphatic rings. The molecule has 4 aromatic rings. The monoisotopic (exact) mass is 548 g/mol. The van der Waals surface area contributed by atoms with Crippen molar-refractivity contribution in [2.45, 2.75) is 6.54 Å². The minimum absolute atomic E-state index is 0.226. The zero-order valence-electron chi connectivity index (χ0n) is 15.4. The molecular weight excluding hydrogens is 535 g/mol. The van der Waals surface area contributed by atoms with Gasteiger partial charge < -0.3 is 9.73 Å². The number of carbonyl (C=O) groups is 1. The Kier molecular flexibility index (Phi) is 6.26. The van der Waals surface area contributed by atoms with Crippen molar-refractivity contribution in [3.63, 3.8) is 0 Å².